The quantitative estimate of drug-likeness (QED) is 0.510. The maximum Gasteiger partial charge on any atom is 0.282 e. The molecule has 0 radical (unpaired) electrons. The minimum atomic E-state index is -0.618. The van der Waals surface area contributed by atoms with Gasteiger partial charge in [-0.25, -0.2) is 0 Å². The number of aliphatic hydroxyl groups is 1. The van der Waals surface area contributed by atoms with Crippen LogP contribution in [0.5, 0.6) is 0 Å². The van der Waals surface area contributed by atoms with E-state index in [1.807, 2.05) is 0 Å². The Labute approximate surface area is 121 Å². The van der Waals surface area contributed by atoms with Gasteiger partial charge in [0.1, 0.15) is 11.8 Å². The van der Waals surface area contributed by atoms with Gasteiger partial charge in [0.25, 0.3) is 11.6 Å². The number of nitrogens with zero attached hydrogens (tertiary/aromatic N) is 2. The second-order valence-corrected chi connectivity index (χ2v) is 5.06. The van der Waals surface area contributed by atoms with Crippen LogP contribution in [-0.2, 0) is 11.4 Å². The molecule has 0 bridgehead atoms. The van der Waals surface area contributed by atoms with Crippen LogP contribution >= 0.6 is 0 Å². The van der Waals surface area contributed by atoms with Gasteiger partial charge in [-0.05, 0) is 37.0 Å². The van der Waals surface area contributed by atoms with Crippen molar-refractivity contribution in [2.24, 2.45) is 0 Å². The molecule has 1 N–H and O–H groups in total. The number of carbonyl (C=O) groups is 2. The second-order valence-electron chi connectivity index (χ2n) is 5.06. The maximum atomic E-state index is 12.5. The van der Waals surface area contributed by atoms with Gasteiger partial charge in [-0.1, -0.05) is 0 Å². The van der Waals surface area contributed by atoms with Crippen LogP contribution in [0.3, 0.4) is 0 Å². The van der Waals surface area contributed by atoms with E-state index in [1.165, 1.54) is 17.0 Å². The molecule has 0 saturated carbocycles. The van der Waals surface area contributed by atoms with Gasteiger partial charge >= 0.3 is 0 Å². The van der Waals surface area contributed by atoms with Gasteiger partial charge < -0.3 is 14.8 Å². The fourth-order valence-corrected chi connectivity index (χ4v) is 2.57. The second kappa shape index (κ2) is 6.01. The van der Waals surface area contributed by atoms with Crippen LogP contribution in [0.25, 0.3) is 0 Å². The van der Waals surface area contributed by atoms with Gasteiger partial charge in [-0.15, -0.1) is 0 Å². The molecule has 1 saturated heterocycles. The molecule has 7 nitrogen and oxygen atoms in total. The van der Waals surface area contributed by atoms with Crippen LogP contribution < -0.4 is 0 Å². The molecule has 0 aliphatic carbocycles. The first-order chi connectivity index (χ1) is 9.99. The zero-order valence-corrected chi connectivity index (χ0v) is 11.6. The standard InChI is InChI=1S/C14H16N2O5/c1-9-5-13(16(20)21)12(6-10(9)7-17)14(19)15-4-2-3-11(15)8-18/h5-6,8,11,17H,2-4,7H2,1H3/t11-/m0/s1. The normalized spacial score (nSPS) is 17.8. The zero-order valence-electron chi connectivity index (χ0n) is 11.6. The van der Waals surface area contributed by atoms with Crippen LogP contribution in [-0.4, -0.2) is 39.7 Å². The number of benzene rings is 1. The van der Waals surface area contributed by atoms with E-state index in [4.69, 9.17) is 0 Å². The third-order valence-corrected chi connectivity index (χ3v) is 3.77. The molecule has 0 aromatic heterocycles. The van der Waals surface area contributed by atoms with E-state index in [0.29, 0.717) is 36.8 Å². The Hall–Kier alpha value is -2.28. The largest absolute Gasteiger partial charge is 0.392 e. The molecule has 0 unspecified atom stereocenters. The summed E-state index contributed by atoms with van der Waals surface area (Å²) in [6.45, 7) is 1.74. The van der Waals surface area contributed by atoms with Crippen molar-refractivity contribution in [3.05, 3.63) is 38.9 Å². The SMILES string of the molecule is Cc1cc([N+](=O)[O-])c(C(=O)N2CCC[C@H]2C=O)cc1CO. The van der Waals surface area contributed by atoms with Crippen LogP contribution in [0.2, 0.25) is 0 Å². The Bertz CT molecular complexity index is 599. The Kier molecular flexibility index (Phi) is 4.32. The monoisotopic (exact) mass is 292 g/mol. The zero-order chi connectivity index (χ0) is 15.6. The van der Waals surface area contributed by atoms with E-state index >= 15 is 0 Å². The predicted octanol–water partition coefficient (Wildman–Crippen LogP) is 1.20. The molecule has 1 aliphatic rings. The summed E-state index contributed by atoms with van der Waals surface area (Å²) >= 11 is 0. The Morgan fingerprint density at radius 2 is 2.29 bits per heavy atom. The Morgan fingerprint density at radius 1 is 1.57 bits per heavy atom. The maximum absolute atomic E-state index is 12.5. The van der Waals surface area contributed by atoms with Crippen molar-refractivity contribution in [3.63, 3.8) is 0 Å². The number of aliphatic hydroxyl groups excluding tert-OH is 1. The third-order valence-electron chi connectivity index (χ3n) is 3.77. The number of aldehydes is 1. The average Bonchev–Trinajstić information content (AvgIpc) is 2.94. The highest BCUT2D eigenvalue weighted by molar-refractivity contribution is 6.00. The molecule has 2 rings (SSSR count). The molecule has 1 heterocycles. The van der Waals surface area contributed by atoms with E-state index in [1.54, 1.807) is 6.92 Å². The molecule has 112 valence electrons. The Balaban J connectivity index is 2.48. The van der Waals surface area contributed by atoms with Gasteiger partial charge in [0.05, 0.1) is 17.6 Å². The molecule has 7 heteroatoms. The van der Waals surface area contributed by atoms with Gasteiger partial charge in [-0.2, -0.15) is 0 Å². The molecular weight excluding hydrogens is 276 g/mol. The number of amides is 1. The molecule has 1 atom stereocenters. The summed E-state index contributed by atoms with van der Waals surface area (Å²) in [5.41, 5.74) is 0.634. The fraction of sp³-hybridized carbons (Fsp3) is 0.429. The number of carbonyl (C=O) groups excluding carboxylic acids is 2. The summed E-state index contributed by atoms with van der Waals surface area (Å²) in [4.78, 5) is 35.4. The molecule has 1 fully saturated rings. The van der Waals surface area contributed by atoms with Crippen molar-refractivity contribution < 1.29 is 19.6 Å². The highest BCUT2D eigenvalue weighted by atomic mass is 16.6. The van der Waals surface area contributed by atoms with Crippen LogP contribution in [0.4, 0.5) is 5.69 Å². The number of nitro groups is 1. The van der Waals surface area contributed by atoms with Gasteiger partial charge in [0.2, 0.25) is 0 Å². The number of rotatable bonds is 4. The van der Waals surface area contributed by atoms with Crippen molar-refractivity contribution in [2.45, 2.75) is 32.4 Å². The Morgan fingerprint density at radius 3 is 2.86 bits per heavy atom. The summed E-state index contributed by atoms with van der Waals surface area (Å²) in [5.74, 6) is -0.536. The lowest BCUT2D eigenvalue weighted by atomic mass is 10.0. The molecule has 1 aromatic carbocycles. The van der Waals surface area contributed by atoms with Crippen LogP contribution in [0.15, 0.2) is 12.1 Å². The lowest BCUT2D eigenvalue weighted by Crippen LogP contribution is -2.36. The van der Waals surface area contributed by atoms with E-state index < -0.39 is 16.9 Å². The van der Waals surface area contributed by atoms with Crippen molar-refractivity contribution in [1.29, 1.82) is 0 Å². The predicted molar refractivity (Wildman–Crippen MR) is 73.9 cm³/mol. The minimum absolute atomic E-state index is 0.0802. The lowest BCUT2D eigenvalue weighted by Gasteiger charge is -2.20. The highest BCUT2D eigenvalue weighted by Gasteiger charge is 2.33. The summed E-state index contributed by atoms with van der Waals surface area (Å²) < 4.78 is 0. The van der Waals surface area contributed by atoms with Crippen molar-refractivity contribution in [3.8, 4) is 0 Å². The summed E-state index contributed by atoms with van der Waals surface area (Å²) in [7, 11) is 0. The van der Waals surface area contributed by atoms with Gasteiger partial charge in [0, 0.05) is 12.6 Å². The minimum Gasteiger partial charge on any atom is -0.392 e. The highest BCUT2D eigenvalue weighted by Crippen LogP contribution is 2.27. The smallest absolute Gasteiger partial charge is 0.282 e. The molecule has 1 amide bonds. The average molecular weight is 292 g/mol. The topological polar surface area (TPSA) is 101 Å². The third kappa shape index (κ3) is 2.78. The van der Waals surface area contributed by atoms with E-state index in [2.05, 4.69) is 0 Å². The van der Waals surface area contributed by atoms with Crippen molar-refractivity contribution in [2.75, 3.05) is 6.54 Å². The van der Waals surface area contributed by atoms with Gasteiger partial charge in [0.15, 0.2) is 0 Å². The molecular formula is C14H16N2O5. The van der Waals surface area contributed by atoms with Crippen LogP contribution in [0.1, 0.15) is 34.3 Å². The summed E-state index contributed by atoms with van der Waals surface area (Å²) in [5, 5.41) is 20.4. The fourth-order valence-electron chi connectivity index (χ4n) is 2.57. The molecule has 21 heavy (non-hydrogen) atoms. The van der Waals surface area contributed by atoms with E-state index in [-0.39, 0.29) is 17.9 Å². The molecule has 0 spiro atoms. The number of hydrogen-bond donors (Lipinski definition) is 1. The van der Waals surface area contributed by atoms with Crippen molar-refractivity contribution >= 4 is 17.9 Å². The first kappa shape index (κ1) is 15.1. The van der Waals surface area contributed by atoms with E-state index in [0.717, 1.165) is 0 Å². The number of hydrogen-bond acceptors (Lipinski definition) is 5. The summed E-state index contributed by atoms with van der Waals surface area (Å²) in [6.07, 6.45) is 1.96. The summed E-state index contributed by atoms with van der Waals surface area (Å²) in [6, 6.07) is 2.09. The van der Waals surface area contributed by atoms with Crippen LogP contribution in [0, 0.1) is 17.0 Å². The number of aryl methyl sites for hydroxylation is 1. The molecule has 1 aromatic rings. The van der Waals surface area contributed by atoms with Gasteiger partial charge in [-0.3, -0.25) is 14.9 Å². The number of nitro benzene ring substituents is 1. The van der Waals surface area contributed by atoms with Crippen molar-refractivity contribution in [1.82, 2.24) is 4.90 Å². The first-order valence-electron chi connectivity index (χ1n) is 6.64. The van der Waals surface area contributed by atoms with E-state index in [9.17, 15) is 24.8 Å². The lowest BCUT2D eigenvalue weighted by molar-refractivity contribution is -0.385. The molecule has 1 aliphatic heterocycles. The first-order valence-corrected chi connectivity index (χ1v) is 6.64. The number of likely N-dealkylation sites (tertiary alicyclic amines) is 1.